The lowest BCUT2D eigenvalue weighted by Gasteiger charge is -2.13. The summed E-state index contributed by atoms with van der Waals surface area (Å²) < 4.78 is 62.3. The number of carboxylic acids is 1. The Kier molecular flexibility index (Phi) is 5.34. The van der Waals surface area contributed by atoms with E-state index < -0.39 is 46.8 Å². The number of hydrogen-bond acceptors (Lipinski definition) is 4. The van der Waals surface area contributed by atoms with Gasteiger partial charge in [0, 0.05) is 25.2 Å². The summed E-state index contributed by atoms with van der Waals surface area (Å²) in [5, 5.41) is 12.7. The summed E-state index contributed by atoms with van der Waals surface area (Å²) in [7, 11) is -2.64. The van der Waals surface area contributed by atoms with Crippen molar-refractivity contribution in [2.75, 3.05) is 5.75 Å². The van der Waals surface area contributed by atoms with Crippen LogP contribution in [0.1, 0.15) is 24.4 Å². The fraction of sp³-hybridized carbons (Fsp3) is 0.600. The average Bonchev–Trinajstić information content (AvgIpc) is 2.70. The van der Waals surface area contributed by atoms with Gasteiger partial charge in [0.15, 0.2) is 0 Å². The summed E-state index contributed by atoms with van der Waals surface area (Å²) >= 11 is 0. The average molecular weight is 329 g/mol. The predicted octanol–water partition coefficient (Wildman–Crippen LogP) is 0.808. The third-order valence-electron chi connectivity index (χ3n) is 2.48. The molecule has 7 nitrogen and oxygen atoms in total. The minimum atomic E-state index is -4.45. The van der Waals surface area contributed by atoms with Crippen molar-refractivity contribution < 1.29 is 31.5 Å². The molecule has 0 saturated heterocycles. The minimum Gasteiger partial charge on any atom is -0.480 e. The molecular weight excluding hydrogens is 315 g/mol. The molecule has 0 radical (unpaired) electrons. The first-order chi connectivity index (χ1) is 9.50. The Bertz CT molecular complexity index is 597. The topological polar surface area (TPSA) is 101 Å². The van der Waals surface area contributed by atoms with Crippen LogP contribution >= 0.6 is 0 Å². The first-order valence-corrected chi connectivity index (χ1v) is 7.43. The fourth-order valence-corrected chi connectivity index (χ4v) is 2.79. The molecule has 1 atom stereocenters. The predicted molar refractivity (Wildman–Crippen MR) is 65.8 cm³/mol. The Morgan fingerprint density at radius 1 is 1.52 bits per heavy atom. The van der Waals surface area contributed by atoms with E-state index in [0.29, 0.717) is 0 Å². The molecule has 0 aliphatic rings. The number of hydrogen-bond donors (Lipinski definition) is 2. The number of carbonyl (C=O) groups is 1. The van der Waals surface area contributed by atoms with Crippen molar-refractivity contribution in [2.24, 2.45) is 7.05 Å². The number of carboxylic acid groups (broad SMARTS) is 1. The van der Waals surface area contributed by atoms with Gasteiger partial charge in [-0.15, -0.1) is 0 Å². The van der Waals surface area contributed by atoms with Gasteiger partial charge in [-0.3, -0.25) is 9.48 Å². The second kappa shape index (κ2) is 6.43. The van der Waals surface area contributed by atoms with Crippen LogP contribution < -0.4 is 4.72 Å². The van der Waals surface area contributed by atoms with Crippen molar-refractivity contribution in [3.63, 3.8) is 0 Å². The van der Waals surface area contributed by atoms with Crippen LogP contribution in [0.25, 0.3) is 0 Å². The highest BCUT2D eigenvalue weighted by Gasteiger charge is 2.30. The van der Waals surface area contributed by atoms with E-state index in [1.165, 1.54) is 17.9 Å². The van der Waals surface area contributed by atoms with E-state index in [1.807, 2.05) is 4.72 Å². The van der Waals surface area contributed by atoms with Crippen LogP contribution in [0.15, 0.2) is 12.4 Å². The van der Waals surface area contributed by atoms with Gasteiger partial charge in [0.1, 0.15) is 6.04 Å². The third-order valence-corrected chi connectivity index (χ3v) is 3.90. The number of nitrogens with zero attached hydrogens (tertiary/aromatic N) is 2. The molecule has 0 amide bonds. The van der Waals surface area contributed by atoms with E-state index in [4.69, 9.17) is 5.11 Å². The van der Waals surface area contributed by atoms with Crippen LogP contribution in [-0.2, 0) is 21.9 Å². The second-order valence-corrected chi connectivity index (χ2v) is 6.25. The zero-order chi connectivity index (χ0) is 16.3. The second-order valence-electron chi connectivity index (χ2n) is 4.37. The van der Waals surface area contributed by atoms with E-state index >= 15 is 0 Å². The molecule has 0 spiro atoms. The Morgan fingerprint density at radius 3 is 2.57 bits per heavy atom. The van der Waals surface area contributed by atoms with Crippen molar-refractivity contribution in [1.82, 2.24) is 14.5 Å². The van der Waals surface area contributed by atoms with Gasteiger partial charge in [-0.1, -0.05) is 0 Å². The molecule has 21 heavy (non-hydrogen) atoms. The molecule has 120 valence electrons. The lowest BCUT2D eigenvalue weighted by Crippen LogP contribution is -2.35. The van der Waals surface area contributed by atoms with Crippen molar-refractivity contribution in [1.29, 1.82) is 0 Å². The van der Waals surface area contributed by atoms with Gasteiger partial charge < -0.3 is 5.11 Å². The Labute approximate surface area is 118 Å². The van der Waals surface area contributed by atoms with Crippen molar-refractivity contribution in [3.05, 3.63) is 18.0 Å². The zero-order valence-electron chi connectivity index (χ0n) is 11.0. The highest BCUT2D eigenvalue weighted by Crippen LogP contribution is 2.22. The maximum Gasteiger partial charge on any atom is 0.389 e. The Balaban J connectivity index is 2.72. The summed E-state index contributed by atoms with van der Waals surface area (Å²) in [6.45, 7) is 0. The summed E-state index contributed by atoms with van der Waals surface area (Å²) in [5.41, 5.74) is 0.0874. The van der Waals surface area contributed by atoms with Crippen molar-refractivity contribution in [3.8, 4) is 0 Å². The number of aromatic nitrogens is 2. The van der Waals surface area contributed by atoms with Gasteiger partial charge in [-0.25, -0.2) is 8.42 Å². The van der Waals surface area contributed by atoms with Gasteiger partial charge in [-0.05, 0) is 6.42 Å². The van der Waals surface area contributed by atoms with E-state index in [9.17, 15) is 26.4 Å². The number of aliphatic carboxylic acids is 1. The number of nitrogens with one attached hydrogen (secondary N) is 1. The largest absolute Gasteiger partial charge is 0.480 e. The molecule has 0 bridgehead atoms. The van der Waals surface area contributed by atoms with Gasteiger partial charge >= 0.3 is 12.1 Å². The Hall–Kier alpha value is -1.62. The number of rotatable bonds is 7. The molecule has 1 heterocycles. The van der Waals surface area contributed by atoms with Gasteiger partial charge in [-0.2, -0.15) is 23.0 Å². The standard InChI is InChI=1S/C10H14F3N3O4S/c1-16-6-7(5-14-16)8(9(17)18)15-21(19,20)4-2-3-10(11,12)13/h5-6,8,15H,2-4H2,1H3,(H,17,18). The Morgan fingerprint density at radius 2 is 2.14 bits per heavy atom. The van der Waals surface area contributed by atoms with Crippen LogP contribution in [0, 0.1) is 0 Å². The van der Waals surface area contributed by atoms with Crippen LogP contribution in [0.2, 0.25) is 0 Å². The fourth-order valence-electron chi connectivity index (χ4n) is 1.55. The van der Waals surface area contributed by atoms with Crippen LogP contribution in [0.4, 0.5) is 13.2 Å². The maximum absolute atomic E-state index is 12.0. The molecule has 0 aliphatic carbocycles. The number of aryl methyl sites for hydroxylation is 1. The van der Waals surface area contributed by atoms with Gasteiger partial charge in [0.05, 0.1) is 11.9 Å². The van der Waals surface area contributed by atoms with Gasteiger partial charge in [0.2, 0.25) is 10.0 Å². The normalized spacial score (nSPS) is 14.1. The van der Waals surface area contributed by atoms with E-state index in [-0.39, 0.29) is 5.56 Å². The minimum absolute atomic E-state index is 0.0874. The molecule has 1 aromatic heterocycles. The quantitative estimate of drug-likeness (QED) is 0.771. The summed E-state index contributed by atoms with van der Waals surface area (Å²) in [4.78, 5) is 11.1. The smallest absolute Gasteiger partial charge is 0.389 e. The highest BCUT2D eigenvalue weighted by atomic mass is 32.2. The van der Waals surface area contributed by atoms with E-state index in [2.05, 4.69) is 5.10 Å². The third kappa shape index (κ3) is 6.12. The van der Waals surface area contributed by atoms with Crippen LogP contribution in [0.3, 0.4) is 0 Å². The van der Waals surface area contributed by atoms with Crippen molar-refractivity contribution >= 4 is 16.0 Å². The number of sulfonamides is 1. The highest BCUT2D eigenvalue weighted by molar-refractivity contribution is 7.89. The van der Waals surface area contributed by atoms with Crippen molar-refractivity contribution in [2.45, 2.75) is 25.1 Å². The molecule has 0 fully saturated rings. The molecule has 0 aromatic carbocycles. The molecular formula is C10H14F3N3O4S. The SMILES string of the molecule is Cn1cc(C(NS(=O)(=O)CCCC(F)(F)F)C(=O)O)cn1. The number of alkyl halides is 3. The van der Waals surface area contributed by atoms with E-state index in [1.54, 1.807) is 0 Å². The monoisotopic (exact) mass is 329 g/mol. The zero-order valence-corrected chi connectivity index (χ0v) is 11.8. The van der Waals surface area contributed by atoms with Gasteiger partial charge in [0.25, 0.3) is 0 Å². The molecule has 2 N–H and O–H groups in total. The summed E-state index contributed by atoms with van der Waals surface area (Å²) in [5.74, 6) is -2.28. The molecule has 11 heteroatoms. The molecule has 1 rings (SSSR count). The first kappa shape index (κ1) is 17.4. The van der Waals surface area contributed by atoms with E-state index in [0.717, 1.165) is 6.20 Å². The maximum atomic E-state index is 12.0. The number of halogens is 3. The summed E-state index contributed by atoms with van der Waals surface area (Å²) in [6.07, 6.45) is -3.88. The molecule has 1 unspecified atom stereocenters. The molecule has 0 aliphatic heterocycles. The molecule has 1 aromatic rings. The molecule has 0 saturated carbocycles. The lowest BCUT2D eigenvalue weighted by molar-refractivity contribution is -0.139. The van der Waals surface area contributed by atoms with Crippen LogP contribution in [-0.4, -0.2) is 41.2 Å². The van der Waals surface area contributed by atoms with Crippen LogP contribution in [0.5, 0.6) is 0 Å². The lowest BCUT2D eigenvalue weighted by atomic mass is 10.2. The summed E-state index contributed by atoms with van der Waals surface area (Å²) in [6, 6.07) is -1.59. The first-order valence-electron chi connectivity index (χ1n) is 5.78.